The summed E-state index contributed by atoms with van der Waals surface area (Å²) >= 11 is 6.42. The van der Waals surface area contributed by atoms with Crippen LogP contribution in [0.15, 0.2) is 41.3 Å². The normalized spacial score (nSPS) is 16.0. The van der Waals surface area contributed by atoms with Gasteiger partial charge in [0, 0.05) is 29.4 Å². The van der Waals surface area contributed by atoms with E-state index < -0.39 is 5.82 Å². The summed E-state index contributed by atoms with van der Waals surface area (Å²) in [6.07, 6.45) is 2.13. The second-order valence-electron chi connectivity index (χ2n) is 5.90. The van der Waals surface area contributed by atoms with Crippen molar-refractivity contribution in [2.45, 2.75) is 24.2 Å². The third-order valence-corrected chi connectivity index (χ3v) is 4.86. The first kappa shape index (κ1) is 17.3. The zero-order valence-corrected chi connectivity index (χ0v) is 14.4. The van der Waals surface area contributed by atoms with E-state index in [0.29, 0.717) is 12.2 Å². The molecule has 2 aromatic carbocycles. The van der Waals surface area contributed by atoms with Crippen LogP contribution in [0.1, 0.15) is 17.5 Å². The number of ether oxygens (including phenoxy) is 1. The standard InChI is InChI=1S/C18H16ClFO3S/c19-17-9-15(2-4-18(17)20)23-10-14(21)7-11-5-12-1-3-16(24-22)8-13(12)6-11/h1-4,8-9,11,22H,5-7,10H2. The van der Waals surface area contributed by atoms with Crippen molar-refractivity contribution in [2.24, 2.45) is 5.92 Å². The maximum Gasteiger partial charge on any atom is 0.170 e. The molecule has 2 aromatic rings. The van der Waals surface area contributed by atoms with Crippen LogP contribution in [-0.4, -0.2) is 16.9 Å². The van der Waals surface area contributed by atoms with Gasteiger partial charge in [0.05, 0.1) is 5.02 Å². The Balaban J connectivity index is 1.52. The summed E-state index contributed by atoms with van der Waals surface area (Å²) in [4.78, 5) is 12.9. The van der Waals surface area contributed by atoms with Crippen molar-refractivity contribution in [1.29, 1.82) is 0 Å². The molecular formula is C18H16ClFO3S. The number of halogens is 2. The van der Waals surface area contributed by atoms with Gasteiger partial charge < -0.3 is 9.29 Å². The highest BCUT2D eigenvalue weighted by Gasteiger charge is 2.24. The first-order valence-corrected chi connectivity index (χ1v) is 8.73. The molecule has 0 saturated heterocycles. The van der Waals surface area contributed by atoms with Gasteiger partial charge in [-0.2, -0.15) is 0 Å². The Bertz CT molecular complexity index is 766. The van der Waals surface area contributed by atoms with Gasteiger partial charge in [-0.25, -0.2) is 4.39 Å². The molecule has 0 heterocycles. The Kier molecular flexibility index (Phi) is 5.43. The third-order valence-electron chi connectivity index (χ3n) is 4.11. The van der Waals surface area contributed by atoms with Crippen LogP contribution in [0.2, 0.25) is 5.02 Å². The molecule has 1 aliphatic rings. The zero-order valence-electron chi connectivity index (χ0n) is 12.8. The Morgan fingerprint density at radius 2 is 2.04 bits per heavy atom. The molecule has 0 amide bonds. The molecule has 3 rings (SSSR count). The Morgan fingerprint density at radius 1 is 1.25 bits per heavy atom. The van der Waals surface area contributed by atoms with E-state index in [9.17, 15) is 9.18 Å². The van der Waals surface area contributed by atoms with Gasteiger partial charge in [0.15, 0.2) is 5.78 Å². The first-order valence-electron chi connectivity index (χ1n) is 7.58. The van der Waals surface area contributed by atoms with E-state index in [0.717, 1.165) is 29.8 Å². The first-order chi connectivity index (χ1) is 11.5. The van der Waals surface area contributed by atoms with E-state index in [2.05, 4.69) is 0 Å². The number of rotatable bonds is 6. The van der Waals surface area contributed by atoms with Crippen LogP contribution in [0.25, 0.3) is 0 Å². The topological polar surface area (TPSA) is 46.5 Å². The fourth-order valence-corrected chi connectivity index (χ4v) is 3.49. The maximum atomic E-state index is 13.1. The quantitative estimate of drug-likeness (QED) is 0.746. The molecule has 0 radical (unpaired) electrons. The molecule has 1 atom stereocenters. The lowest BCUT2D eigenvalue weighted by Gasteiger charge is -2.09. The monoisotopic (exact) mass is 366 g/mol. The van der Waals surface area contributed by atoms with Gasteiger partial charge in [-0.05, 0) is 54.2 Å². The largest absolute Gasteiger partial charge is 0.486 e. The molecule has 1 N–H and O–H groups in total. The molecule has 0 spiro atoms. The van der Waals surface area contributed by atoms with E-state index in [1.165, 1.54) is 29.3 Å². The maximum absolute atomic E-state index is 13.1. The predicted octanol–water partition coefficient (Wildman–Crippen LogP) is 4.80. The van der Waals surface area contributed by atoms with Crippen molar-refractivity contribution in [3.05, 3.63) is 58.4 Å². The van der Waals surface area contributed by atoms with Crippen molar-refractivity contribution in [2.75, 3.05) is 6.61 Å². The van der Waals surface area contributed by atoms with Crippen LogP contribution in [0.4, 0.5) is 4.39 Å². The van der Waals surface area contributed by atoms with Gasteiger partial charge >= 0.3 is 0 Å². The van der Waals surface area contributed by atoms with Crippen molar-refractivity contribution in [1.82, 2.24) is 0 Å². The van der Waals surface area contributed by atoms with Gasteiger partial charge in [-0.15, -0.1) is 0 Å². The summed E-state index contributed by atoms with van der Waals surface area (Å²) in [7, 11) is 0. The SMILES string of the molecule is O=C(COc1ccc(F)c(Cl)c1)CC1Cc2ccc(SO)cc2C1. The van der Waals surface area contributed by atoms with Crippen LogP contribution in [0.5, 0.6) is 5.75 Å². The number of hydrogen-bond donors (Lipinski definition) is 1. The van der Waals surface area contributed by atoms with E-state index >= 15 is 0 Å². The van der Waals surface area contributed by atoms with E-state index in [1.54, 1.807) is 0 Å². The summed E-state index contributed by atoms with van der Waals surface area (Å²) in [5.74, 6) is 0.130. The molecule has 6 heteroatoms. The summed E-state index contributed by atoms with van der Waals surface area (Å²) in [5, 5.41) is -0.0243. The van der Waals surface area contributed by atoms with Crippen molar-refractivity contribution in [3.63, 3.8) is 0 Å². The fourth-order valence-electron chi connectivity index (χ4n) is 3.00. The molecule has 0 fully saturated rings. The number of carbonyl (C=O) groups excluding carboxylic acids is 1. The summed E-state index contributed by atoms with van der Waals surface area (Å²) in [6, 6.07) is 9.90. The Hall–Kier alpha value is -1.56. The second kappa shape index (κ2) is 7.55. The number of hydrogen-bond acceptors (Lipinski definition) is 4. The van der Waals surface area contributed by atoms with E-state index in [-0.39, 0.29) is 23.3 Å². The van der Waals surface area contributed by atoms with Crippen molar-refractivity contribution < 1.29 is 18.5 Å². The molecule has 24 heavy (non-hydrogen) atoms. The Morgan fingerprint density at radius 3 is 2.79 bits per heavy atom. The molecule has 1 aliphatic carbocycles. The third kappa shape index (κ3) is 4.09. The van der Waals surface area contributed by atoms with Crippen LogP contribution >= 0.6 is 23.6 Å². The molecular weight excluding hydrogens is 351 g/mol. The summed E-state index contributed by atoms with van der Waals surface area (Å²) in [6.45, 7) is -0.0491. The minimum atomic E-state index is -0.514. The summed E-state index contributed by atoms with van der Waals surface area (Å²) < 4.78 is 27.6. The highest BCUT2D eigenvalue weighted by molar-refractivity contribution is 7.93. The van der Waals surface area contributed by atoms with Crippen LogP contribution in [-0.2, 0) is 17.6 Å². The molecule has 0 aromatic heterocycles. The molecule has 0 saturated carbocycles. The van der Waals surface area contributed by atoms with Gasteiger partial charge in [0.1, 0.15) is 18.2 Å². The van der Waals surface area contributed by atoms with Gasteiger partial charge in [-0.1, -0.05) is 17.7 Å². The minimum Gasteiger partial charge on any atom is -0.486 e. The average molecular weight is 367 g/mol. The molecule has 1 unspecified atom stereocenters. The number of carbonyl (C=O) groups is 1. The molecule has 0 bridgehead atoms. The number of Topliss-reactive ketones (excluding diaryl/α,β-unsaturated/α-hetero) is 1. The van der Waals surface area contributed by atoms with Gasteiger partial charge in [0.25, 0.3) is 0 Å². The van der Waals surface area contributed by atoms with E-state index in [4.69, 9.17) is 20.9 Å². The highest BCUT2D eigenvalue weighted by Crippen LogP contribution is 2.31. The van der Waals surface area contributed by atoms with Gasteiger partial charge in [0.2, 0.25) is 0 Å². The predicted molar refractivity (Wildman–Crippen MR) is 92.4 cm³/mol. The zero-order chi connectivity index (χ0) is 17.1. The lowest BCUT2D eigenvalue weighted by atomic mass is 10.00. The fraction of sp³-hybridized carbons (Fsp3) is 0.278. The highest BCUT2D eigenvalue weighted by atomic mass is 35.5. The van der Waals surface area contributed by atoms with Crippen molar-refractivity contribution >= 4 is 29.4 Å². The van der Waals surface area contributed by atoms with Gasteiger partial charge in [-0.3, -0.25) is 4.79 Å². The van der Waals surface area contributed by atoms with Crippen LogP contribution in [0.3, 0.4) is 0 Å². The van der Waals surface area contributed by atoms with E-state index in [1.807, 2.05) is 18.2 Å². The molecule has 3 nitrogen and oxygen atoms in total. The smallest absolute Gasteiger partial charge is 0.170 e. The number of fused-ring (bicyclic) bond motifs is 1. The van der Waals surface area contributed by atoms with Crippen molar-refractivity contribution in [3.8, 4) is 5.75 Å². The molecule has 0 aliphatic heterocycles. The van der Waals surface area contributed by atoms with Crippen LogP contribution in [0, 0.1) is 11.7 Å². The minimum absolute atomic E-state index is 0.00464. The average Bonchev–Trinajstić information content (AvgIpc) is 2.97. The Labute approximate surface area is 149 Å². The number of benzene rings is 2. The molecule has 126 valence electrons. The number of ketones is 1. The second-order valence-corrected chi connectivity index (χ2v) is 6.96. The lowest BCUT2D eigenvalue weighted by Crippen LogP contribution is -2.16. The summed E-state index contributed by atoms with van der Waals surface area (Å²) in [5.41, 5.74) is 2.43. The van der Waals surface area contributed by atoms with Crippen LogP contribution < -0.4 is 4.74 Å². The lowest BCUT2D eigenvalue weighted by molar-refractivity contribution is -0.121.